The molecule has 7 heteroatoms. The minimum Gasteiger partial charge on any atom is -0.480 e. The van der Waals surface area contributed by atoms with Crippen LogP contribution >= 0.6 is 0 Å². The summed E-state index contributed by atoms with van der Waals surface area (Å²) >= 11 is 0. The highest BCUT2D eigenvalue weighted by atomic mass is 16.5. The van der Waals surface area contributed by atoms with Gasteiger partial charge >= 0.3 is 12.0 Å². The Balaban J connectivity index is 2.40. The molecule has 24 heavy (non-hydrogen) atoms. The van der Waals surface area contributed by atoms with Gasteiger partial charge in [-0.2, -0.15) is 0 Å². The maximum atomic E-state index is 12.4. The summed E-state index contributed by atoms with van der Waals surface area (Å²) < 4.78 is 5.65. The number of urea groups is 1. The molecule has 7 nitrogen and oxygen atoms in total. The number of ether oxygens (including phenoxy) is 1. The number of hydrogen-bond donors (Lipinski definition) is 2. The number of morpholine rings is 1. The summed E-state index contributed by atoms with van der Waals surface area (Å²) in [4.78, 5) is 26.6. The summed E-state index contributed by atoms with van der Waals surface area (Å²) in [5.41, 5.74) is 0.262. The number of nitrogens with one attached hydrogen (secondary N) is 1. The normalized spacial score (nSPS) is 20.1. The van der Waals surface area contributed by atoms with Gasteiger partial charge in [0.25, 0.3) is 0 Å². The van der Waals surface area contributed by atoms with Crippen LogP contribution in [0.2, 0.25) is 0 Å². The number of carbonyl (C=O) groups excluding carboxylic acids is 1. The molecule has 0 saturated carbocycles. The van der Waals surface area contributed by atoms with Crippen molar-refractivity contribution in [3.63, 3.8) is 0 Å². The molecule has 0 aliphatic carbocycles. The molecule has 0 spiro atoms. The third kappa shape index (κ3) is 8.49. The van der Waals surface area contributed by atoms with Crippen molar-refractivity contribution in [1.29, 1.82) is 0 Å². The van der Waals surface area contributed by atoms with E-state index >= 15 is 0 Å². The molecule has 0 bridgehead atoms. The van der Waals surface area contributed by atoms with Crippen molar-refractivity contribution in [2.45, 2.75) is 52.7 Å². The summed E-state index contributed by atoms with van der Waals surface area (Å²) in [7, 11) is 1.74. The smallest absolute Gasteiger partial charge is 0.317 e. The van der Waals surface area contributed by atoms with Crippen LogP contribution in [0, 0.1) is 5.41 Å². The van der Waals surface area contributed by atoms with E-state index in [9.17, 15) is 9.59 Å². The lowest BCUT2D eigenvalue weighted by molar-refractivity contribution is -0.138. The summed E-state index contributed by atoms with van der Waals surface area (Å²) in [6, 6.07) is 0.0679. The lowest BCUT2D eigenvalue weighted by atomic mass is 9.89. The molecule has 0 aromatic carbocycles. The average molecular weight is 343 g/mol. The molecule has 2 atom stereocenters. The van der Waals surface area contributed by atoms with E-state index in [1.807, 2.05) is 6.92 Å². The molecule has 1 aliphatic heterocycles. The predicted octanol–water partition coefficient (Wildman–Crippen LogP) is 1.63. The van der Waals surface area contributed by atoms with Gasteiger partial charge in [-0.05, 0) is 32.2 Å². The van der Waals surface area contributed by atoms with Crippen LogP contribution in [0.5, 0.6) is 0 Å². The van der Waals surface area contributed by atoms with E-state index in [1.165, 1.54) is 0 Å². The van der Waals surface area contributed by atoms with Crippen molar-refractivity contribution in [2.24, 2.45) is 5.41 Å². The maximum Gasteiger partial charge on any atom is 0.317 e. The zero-order valence-corrected chi connectivity index (χ0v) is 15.7. The van der Waals surface area contributed by atoms with Gasteiger partial charge < -0.3 is 20.1 Å². The third-order valence-corrected chi connectivity index (χ3v) is 4.04. The standard InChI is InChI=1S/C17H33N3O4/c1-13(6-7-17(2,3)4)18-16(23)20-8-9-24-14(11-20)10-19(5)12-15(21)22/h13-14H,6-12H2,1-5H3,(H,18,23)(H,21,22). The zero-order chi connectivity index (χ0) is 18.3. The van der Waals surface area contributed by atoms with Gasteiger partial charge in [0.2, 0.25) is 0 Å². The first kappa shape index (κ1) is 20.7. The second-order valence-electron chi connectivity index (χ2n) is 7.98. The van der Waals surface area contributed by atoms with E-state index in [0.717, 1.165) is 12.8 Å². The van der Waals surface area contributed by atoms with Gasteiger partial charge in [0.1, 0.15) is 0 Å². The van der Waals surface area contributed by atoms with Crippen molar-refractivity contribution in [1.82, 2.24) is 15.1 Å². The minimum atomic E-state index is -0.865. The summed E-state index contributed by atoms with van der Waals surface area (Å²) in [5, 5.41) is 11.9. The van der Waals surface area contributed by atoms with Gasteiger partial charge in [-0.25, -0.2) is 4.79 Å². The molecule has 2 amide bonds. The van der Waals surface area contributed by atoms with Crippen molar-refractivity contribution in [3.05, 3.63) is 0 Å². The number of carbonyl (C=O) groups is 2. The molecule has 1 rings (SSSR count). The molecule has 0 aromatic rings. The van der Waals surface area contributed by atoms with E-state index in [2.05, 4.69) is 26.1 Å². The molecule has 2 unspecified atom stereocenters. The van der Waals surface area contributed by atoms with Crippen LogP contribution in [0.4, 0.5) is 4.79 Å². The molecule has 1 saturated heterocycles. The Labute approximate surface area is 145 Å². The zero-order valence-electron chi connectivity index (χ0n) is 15.7. The molecule has 2 N–H and O–H groups in total. The first-order valence-electron chi connectivity index (χ1n) is 8.64. The Morgan fingerprint density at radius 1 is 1.42 bits per heavy atom. The van der Waals surface area contributed by atoms with Crippen LogP contribution < -0.4 is 5.32 Å². The topological polar surface area (TPSA) is 82.1 Å². The van der Waals surface area contributed by atoms with Crippen LogP contribution in [0.1, 0.15) is 40.5 Å². The number of carboxylic acid groups (broad SMARTS) is 1. The fourth-order valence-corrected chi connectivity index (χ4v) is 2.68. The number of carboxylic acids is 1. The fraction of sp³-hybridized carbons (Fsp3) is 0.882. The molecule has 0 radical (unpaired) electrons. The lowest BCUT2D eigenvalue weighted by Gasteiger charge is -2.35. The quantitative estimate of drug-likeness (QED) is 0.734. The SMILES string of the molecule is CC(CCC(C)(C)C)NC(=O)N1CCOC(CN(C)CC(=O)O)C1. The van der Waals surface area contributed by atoms with Gasteiger partial charge in [0, 0.05) is 25.7 Å². The van der Waals surface area contributed by atoms with Gasteiger partial charge in [0.05, 0.1) is 19.3 Å². The monoisotopic (exact) mass is 343 g/mol. The van der Waals surface area contributed by atoms with Crippen LogP contribution in [-0.2, 0) is 9.53 Å². The molecule has 0 aromatic heterocycles. The van der Waals surface area contributed by atoms with E-state index in [4.69, 9.17) is 9.84 Å². The Bertz CT molecular complexity index is 423. The maximum absolute atomic E-state index is 12.4. The fourth-order valence-electron chi connectivity index (χ4n) is 2.68. The van der Waals surface area contributed by atoms with Crippen LogP contribution in [-0.4, -0.2) is 78.9 Å². The Morgan fingerprint density at radius 2 is 2.08 bits per heavy atom. The second kappa shape index (κ2) is 9.22. The number of hydrogen-bond acceptors (Lipinski definition) is 4. The van der Waals surface area contributed by atoms with Crippen molar-refractivity contribution >= 4 is 12.0 Å². The molecular weight excluding hydrogens is 310 g/mol. The van der Waals surface area contributed by atoms with Crippen LogP contribution in [0.25, 0.3) is 0 Å². The van der Waals surface area contributed by atoms with Gasteiger partial charge in [-0.1, -0.05) is 20.8 Å². The molecule has 140 valence electrons. The van der Waals surface area contributed by atoms with Crippen LogP contribution in [0.15, 0.2) is 0 Å². The first-order valence-corrected chi connectivity index (χ1v) is 8.64. The highest BCUT2D eigenvalue weighted by molar-refractivity contribution is 5.74. The Morgan fingerprint density at radius 3 is 2.67 bits per heavy atom. The van der Waals surface area contributed by atoms with Gasteiger partial charge in [-0.3, -0.25) is 9.69 Å². The molecular formula is C17H33N3O4. The highest BCUT2D eigenvalue weighted by Gasteiger charge is 2.26. The number of amides is 2. The van der Waals surface area contributed by atoms with Crippen molar-refractivity contribution in [2.75, 3.05) is 39.8 Å². The lowest BCUT2D eigenvalue weighted by Crippen LogP contribution is -2.53. The molecule has 1 aliphatic rings. The van der Waals surface area contributed by atoms with E-state index in [0.29, 0.717) is 26.2 Å². The molecule has 1 heterocycles. The average Bonchev–Trinajstić information content (AvgIpc) is 2.43. The Kier molecular flexibility index (Phi) is 7.96. The summed E-state index contributed by atoms with van der Waals surface area (Å²) in [6.45, 7) is 10.6. The Hall–Kier alpha value is -1.34. The second-order valence-corrected chi connectivity index (χ2v) is 7.98. The van der Waals surface area contributed by atoms with E-state index in [1.54, 1.807) is 16.8 Å². The number of aliphatic carboxylic acids is 1. The first-order chi connectivity index (χ1) is 11.1. The third-order valence-electron chi connectivity index (χ3n) is 4.04. The van der Waals surface area contributed by atoms with Crippen molar-refractivity contribution in [3.8, 4) is 0 Å². The van der Waals surface area contributed by atoms with E-state index in [-0.39, 0.29) is 30.1 Å². The predicted molar refractivity (Wildman–Crippen MR) is 93.1 cm³/mol. The highest BCUT2D eigenvalue weighted by Crippen LogP contribution is 2.21. The molecule has 1 fully saturated rings. The number of rotatable bonds is 7. The van der Waals surface area contributed by atoms with Gasteiger partial charge in [-0.15, -0.1) is 0 Å². The van der Waals surface area contributed by atoms with Crippen LogP contribution in [0.3, 0.4) is 0 Å². The van der Waals surface area contributed by atoms with E-state index < -0.39 is 5.97 Å². The summed E-state index contributed by atoms with van der Waals surface area (Å²) in [6.07, 6.45) is 1.85. The van der Waals surface area contributed by atoms with Gasteiger partial charge in [0.15, 0.2) is 0 Å². The number of nitrogens with zero attached hydrogens (tertiary/aromatic N) is 2. The number of likely N-dealkylation sites (N-methyl/N-ethyl adjacent to an activating group) is 1. The van der Waals surface area contributed by atoms with Crippen molar-refractivity contribution < 1.29 is 19.4 Å². The largest absolute Gasteiger partial charge is 0.480 e. The minimum absolute atomic E-state index is 0.0319. The summed E-state index contributed by atoms with van der Waals surface area (Å²) in [5.74, 6) is -0.865.